The summed E-state index contributed by atoms with van der Waals surface area (Å²) >= 11 is 0. The third kappa shape index (κ3) is 4.74. The van der Waals surface area contributed by atoms with E-state index in [9.17, 15) is 23.2 Å². The van der Waals surface area contributed by atoms with Crippen molar-refractivity contribution in [3.63, 3.8) is 0 Å². The van der Waals surface area contributed by atoms with E-state index in [1.54, 1.807) is 0 Å². The zero-order chi connectivity index (χ0) is 20.1. The topological polar surface area (TPSA) is 108 Å². The largest absolute Gasteiger partial charge is 0.618 e. The highest BCUT2D eigenvalue weighted by molar-refractivity contribution is 7.94. The van der Waals surface area contributed by atoms with Gasteiger partial charge in [-0.1, -0.05) is 30.3 Å². The van der Waals surface area contributed by atoms with Crippen molar-refractivity contribution in [3.8, 4) is 0 Å². The zero-order valence-corrected chi connectivity index (χ0v) is 15.6. The van der Waals surface area contributed by atoms with Gasteiger partial charge < -0.3 is 14.8 Å². The summed E-state index contributed by atoms with van der Waals surface area (Å²) < 4.78 is 28.8. The number of aromatic nitrogens is 1. The third-order valence-electron chi connectivity index (χ3n) is 4.19. The first-order chi connectivity index (χ1) is 13.4. The Morgan fingerprint density at radius 3 is 2.50 bits per heavy atom. The highest BCUT2D eigenvalue weighted by Crippen LogP contribution is 2.18. The molecule has 8 nitrogen and oxygen atoms in total. The van der Waals surface area contributed by atoms with Gasteiger partial charge in [0.1, 0.15) is 0 Å². The minimum Gasteiger partial charge on any atom is -0.618 e. The predicted molar refractivity (Wildman–Crippen MR) is 99.4 cm³/mol. The lowest BCUT2D eigenvalue weighted by Gasteiger charge is -2.27. The Morgan fingerprint density at radius 1 is 1.14 bits per heavy atom. The van der Waals surface area contributed by atoms with Crippen LogP contribution in [0.25, 0.3) is 0 Å². The first-order valence-electron chi connectivity index (χ1n) is 8.45. The number of benzene rings is 1. The Labute approximate surface area is 162 Å². The number of hydrogen-bond acceptors (Lipinski definition) is 6. The molecule has 0 spiro atoms. The molecule has 28 heavy (non-hydrogen) atoms. The molecule has 2 aromatic rings. The summed E-state index contributed by atoms with van der Waals surface area (Å²) in [6, 6.07) is 12.7. The standard InChI is InChI=1S/C19H18N2O6S/c22-18(13-27-19(23)17-8-4-5-10-21(17)24)20(12-15-6-2-1-3-7-15)16-9-11-28(25,26)14-16/h1-11,16H,12-14H2/t16-/m1/s1. The zero-order valence-electron chi connectivity index (χ0n) is 14.8. The van der Waals surface area contributed by atoms with Crippen LogP contribution in [-0.2, 0) is 25.9 Å². The van der Waals surface area contributed by atoms with E-state index < -0.39 is 34.4 Å². The first kappa shape index (κ1) is 19.6. The van der Waals surface area contributed by atoms with Crippen molar-refractivity contribution in [3.05, 3.63) is 82.7 Å². The van der Waals surface area contributed by atoms with E-state index in [1.807, 2.05) is 30.3 Å². The van der Waals surface area contributed by atoms with E-state index >= 15 is 0 Å². The number of carbonyl (C=O) groups excluding carboxylic acids is 2. The summed E-state index contributed by atoms with van der Waals surface area (Å²) in [5.74, 6) is -1.71. The molecule has 1 aliphatic heterocycles. The lowest BCUT2D eigenvalue weighted by atomic mass is 10.2. The number of amides is 1. The van der Waals surface area contributed by atoms with Crippen molar-refractivity contribution in [2.45, 2.75) is 12.6 Å². The molecule has 146 valence electrons. The minimum absolute atomic E-state index is 0.161. The van der Waals surface area contributed by atoms with Crippen molar-refractivity contribution in [1.82, 2.24) is 4.90 Å². The SMILES string of the molecule is O=C(OCC(=O)N(Cc1ccccc1)[C@@H]1C=CS(=O)(=O)C1)c1cccc[n+]1[O-]. The number of nitrogens with zero attached hydrogens (tertiary/aromatic N) is 2. The molecule has 1 aromatic heterocycles. The number of rotatable bonds is 6. The molecular formula is C19H18N2O6S. The monoisotopic (exact) mass is 402 g/mol. The van der Waals surface area contributed by atoms with Crippen LogP contribution < -0.4 is 4.73 Å². The number of ether oxygens (including phenoxy) is 1. The van der Waals surface area contributed by atoms with E-state index in [0.717, 1.165) is 17.2 Å². The number of esters is 1. The van der Waals surface area contributed by atoms with Gasteiger partial charge in [0.25, 0.3) is 5.91 Å². The van der Waals surface area contributed by atoms with Gasteiger partial charge in [0.2, 0.25) is 0 Å². The summed E-state index contributed by atoms with van der Waals surface area (Å²) in [6.45, 7) is -0.445. The van der Waals surface area contributed by atoms with Gasteiger partial charge in [0.05, 0.1) is 11.8 Å². The molecule has 2 heterocycles. The van der Waals surface area contributed by atoms with Crippen LogP contribution in [-0.4, -0.2) is 43.6 Å². The van der Waals surface area contributed by atoms with Crippen LogP contribution >= 0.6 is 0 Å². The summed E-state index contributed by atoms with van der Waals surface area (Å²) in [4.78, 5) is 26.1. The quantitative estimate of drug-likeness (QED) is 0.402. The molecule has 0 bridgehead atoms. The maximum absolute atomic E-state index is 12.7. The molecule has 0 N–H and O–H groups in total. The van der Waals surface area contributed by atoms with Crippen LogP contribution in [0.15, 0.2) is 66.2 Å². The third-order valence-corrected chi connectivity index (χ3v) is 5.57. The maximum Gasteiger partial charge on any atom is 0.405 e. The Hall–Kier alpha value is -3.20. The van der Waals surface area contributed by atoms with Crippen LogP contribution in [0.1, 0.15) is 16.1 Å². The van der Waals surface area contributed by atoms with E-state index in [0.29, 0.717) is 4.73 Å². The second kappa shape index (κ2) is 8.22. The van der Waals surface area contributed by atoms with Gasteiger partial charge in [-0.25, -0.2) is 13.2 Å². The number of carbonyl (C=O) groups is 2. The summed E-state index contributed by atoms with van der Waals surface area (Å²) in [5, 5.41) is 12.7. The Balaban J connectivity index is 1.72. The van der Waals surface area contributed by atoms with Crippen molar-refractivity contribution >= 4 is 21.7 Å². The van der Waals surface area contributed by atoms with E-state index in [2.05, 4.69) is 0 Å². The van der Waals surface area contributed by atoms with Gasteiger partial charge in [-0.05, 0) is 17.7 Å². The summed E-state index contributed by atoms with van der Waals surface area (Å²) in [7, 11) is -3.37. The molecule has 1 aliphatic rings. The number of pyridine rings is 1. The Kier molecular flexibility index (Phi) is 5.74. The van der Waals surface area contributed by atoms with Gasteiger partial charge in [-0.15, -0.1) is 0 Å². The molecule has 0 fully saturated rings. The fourth-order valence-electron chi connectivity index (χ4n) is 2.79. The van der Waals surface area contributed by atoms with Crippen LogP contribution in [0.5, 0.6) is 0 Å². The van der Waals surface area contributed by atoms with Crippen LogP contribution in [0, 0.1) is 5.21 Å². The van der Waals surface area contributed by atoms with Crippen LogP contribution in [0.4, 0.5) is 0 Å². The molecule has 0 aliphatic carbocycles. The highest BCUT2D eigenvalue weighted by atomic mass is 32.2. The van der Waals surface area contributed by atoms with Crippen molar-refractivity contribution in [2.24, 2.45) is 0 Å². The summed E-state index contributed by atoms with van der Waals surface area (Å²) in [6.07, 6.45) is 2.59. The van der Waals surface area contributed by atoms with Gasteiger partial charge >= 0.3 is 11.7 Å². The second-order valence-electron chi connectivity index (χ2n) is 6.22. The molecule has 0 saturated carbocycles. The Bertz CT molecular complexity index is 1000. The van der Waals surface area contributed by atoms with Gasteiger partial charge in [0, 0.05) is 24.1 Å². The van der Waals surface area contributed by atoms with Crippen LogP contribution in [0.3, 0.4) is 0 Å². The average Bonchev–Trinajstić information content (AvgIpc) is 3.04. The smallest absolute Gasteiger partial charge is 0.405 e. The summed E-state index contributed by atoms with van der Waals surface area (Å²) in [5.41, 5.74) is 0.564. The van der Waals surface area contributed by atoms with Crippen molar-refractivity contribution in [2.75, 3.05) is 12.4 Å². The molecule has 0 saturated heterocycles. The van der Waals surface area contributed by atoms with Gasteiger partial charge in [-0.2, -0.15) is 4.73 Å². The minimum atomic E-state index is -3.37. The molecular weight excluding hydrogens is 384 g/mol. The predicted octanol–water partition coefficient (Wildman–Crippen LogP) is 0.816. The van der Waals surface area contributed by atoms with E-state index in [4.69, 9.17) is 4.74 Å². The van der Waals surface area contributed by atoms with E-state index in [-0.39, 0.29) is 18.0 Å². The molecule has 1 atom stereocenters. The lowest BCUT2D eigenvalue weighted by Crippen LogP contribution is -2.43. The molecule has 1 aromatic carbocycles. The van der Waals surface area contributed by atoms with Crippen LogP contribution in [0.2, 0.25) is 0 Å². The van der Waals surface area contributed by atoms with Crippen molar-refractivity contribution < 1.29 is 27.5 Å². The Morgan fingerprint density at radius 2 is 1.86 bits per heavy atom. The second-order valence-corrected chi connectivity index (χ2v) is 8.15. The normalized spacial score (nSPS) is 17.2. The molecule has 1 amide bonds. The fourth-order valence-corrected chi connectivity index (χ4v) is 4.09. The van der Waals surface area contributed by atoms with Gasteiger partial charge in [-0.3, -0.25) is 4.79 Å². The molecule has 0 unspecified atom stereocenters. The average molecular weight is 402 g/mol. The number of sulfone groups is 1. The molecule has 3 rings (SSSR count). The highest BCUT2D eigenvalue weighted by Gasteiger charge is 2.31. The fraction of sp³-hybridized carbons (Fsp3) is 0.211. The van der Waals surface area contributed by atoms with E-state index in [1.165, 1.54) is 29.2 Å². The van der Waals surface area contributed by atoms with Gasteiger partial charge in [0.15, 0.2) is 22.6 Å². The maximum atomic E-state index is 12.7. The lowest BCUT2D eigenvalue weighted by molar-refractivity contribution is -0.608. The van der Waals surface area contributed by atoms with Crippen molar-refractivity contribution in [1.29, 1.82) is 0 Å². The number of hydrogen-bond donors (Lipinski definition) is 0. The first-order valence-corrected chi connectivity index (χ1v) is 10.2. The molecule has 9 heteroatoms. The molecule has 0 radical (unpaired) electrons.